The Balaban J connectivity index is 1.66. The fourth-order valence-electron chi connectivity index (χ4n) is 3.99. The van der Waals surface area contributed by atoms with E-state index in [1.54, 1.807) is 6.07 Å². The number of nitrogens with zero attached hydrogens (tertiary/aromatic N) is 2. The van der Waals surface area contributed by atoms with E-state index < -0.39 is 0 Å². The van der Waals surface area contributed by atoms with Crippen LogP contribution < -0.4 is 0 Å². The number of carbonyl (C=O) groups excluding carboxylic acids is 1. The number of hydrogen-bond donors (Lipinski definition) is 0. The van der Waals surface area contributed by atoms with Crippen molar-refractivity contribution in [3.05, 3.63) is 95.1 Å². The molecule has 144 valence electrons. The van der Waals surface area contributed by atoms with Crippen molar-refractivity contribution >= 4 is 5.91 Å². The summed E-state index contributed by atoms with van der Waals surface area (Å²) in [7, 11) is 0. The van der Waals surface area contributed by atoms with Gasteiger partial charge in [-0.05, 0) is 60.4 Å². The molecule has 0 spiro atoms. The average Bonchev–Trinajstić information content (AvgIpc) is 3.20. The molecule has 28 heavy (non-hydrogen) atoms. The summed E-state index contributed by atoms with van der Waals surface area (Å²) in [5.41, 5.74) is 3.76. The van der Waals surface area contributed by atoms with Gasteiger partial charge in [0.15, 0.2) is 0 Å². The molecule has 0 radical (unpaired) electrons. The Hall–Kier alpha value is -2.88. The molecule has 0 aliphatic carbocycles. The molecule has 4 rings (SSSR count). The standard InChI is InChI=1S/C24H25FN2O/c1-2-3-6-18-10-12-19(13-11-18)24(28)27-16-15-26-14-5-9-22(26)23(27)20-7-4-8-21(25)17-20/h4-5,7-14,17,23H,2-3,6,15-16H2,1H3. The van der Waals surface area contributed by atoms with Gasteiger partial charge >= 0.3 is 0 Å². The Morgan fingerprint density at radius 3 is 2.64 bits per heavy atom. The van der Waals surface area contributed by atoms with E-state index in [0.717, 1.165) is 37.1 Å². The lowest BCUT2D eigenvalue weighted by Gasteiger charge is -2.37. The Kier molecular flexibility index (Phi) is 5.29. The summed E-state index contributed by atoms with van der Waals surface area (Å²) in [5.74, 6) is -0.294. The summed E-state index contributed by atoms with van der Waals surface area (Å²) in [6.45, 7) is 3.52. The summed E-state index contributed by atoms with van der Waals surface area (Å²) in [6.07, 6.45) is 5.36. The van der Waals surface area contributed by atoms with Crippen molar-refractivity contribution in [3.63, 3.8) is 0 Å². The lowest BCUT2D eigenvalue weighted by atomic mass is 9.98. The van der Waals surface area contributed by atoms with Gasteiger partial charge in [0.1, 0.15) is 5.82 Å². The fraction of sp³-hybridized carbons (Fsp3) is 0.292. The van der Waals surface area contributed by atoms with Crippen molar-refractivity contribution in [2.24, 2.45) is 0 Å². The van der Waals surface area contributed by atoms with Gasteiger partial charge in [0.2, 0.25) is 0 Å². The summed E-state index contributed by atoms with van der Waals surface area (Å²) < 4.78 is 16.1. The Morgan fingerprint density at radius 2 is 1.89 bits per heavy atom. The molecular weight excluding hydrogens is 351 g/mol. The average molecular weight is 376 g/mol. The highest BCUT2D eigenvalue weighted by Crippen LogP contribution is 2.33. The minimum absolute atomic E-state index is 0.0104. The molecule has 1 amide bonds. The van der Waals surface area contributed by atoms with Crippen LogP contribution in [-0.4, -0.2) is 21.9 Å². The molecule has 2 heterocycles. The minimum Gasteiger partial charge on any atom is -0.348 e. The van der Waals surface area contributed by atoms with E-state index >= 15 is 0 Å². The number of hydrogen-bond acceptors (Lipinski definition) is 1. The van der Waals surface area contributed by atoms with Gasteiger partial charge in [-0.15, -0.1) is 0 Å². The second-order valence-corrected chi connectivity index (χ2v) is 7.38. The van der Waals surface area contributed by atoms with E-state index in [4.69, 9.17) is 0 Å². The Labute approximate surface area is 165 Å². The van der Waals surface area contributed by atoms with E-state index in [0.29, 0.717) is 12.1 Å². The zero-order valence-corrected chi connectivity index (χ0v) is 16.1. The van der Waals surface area contributed by atoms with Gasteiger partial charge < -0.3 is 9.47 Å². The lowest BCUT2D eigenvalue weighted by molar-refractivity contribution is 0.0663. The lowest BCUT2D eigenvalue weighted by Crippen LogP contribution is -2.42. The first-order valence-corrected chi connectivity index (χ1v) is 9.98. The quantitative estimate of drug-likeness (QED) is 0.600. The van der Waals surface area contributed by atoms with Gasteiger partial charge in [0, 0.05) is 30.5 Å². The van der Waals surface area contributed by atoms with Gasteiger partial charge in [0.25, 0.3) is 5.91 Å². The molecule has 4 heteroatoms. The van der Waals surface area contributed by atoms with E-state index in [2.05, 4.69) is 11.5 Å². The van der Waals surface area contributed by atoms with Gasteiger partial charge in [-0.25, -0.2) is 4.39 Å². The van der Waals surface area contributed by atoms with Crippen molar-refractivity contribution in [1.29, 1.82) is 0 Å². The van der Waals surface area contributed by atoms with Crippen LogP contribution in [0.1, 0.15) is 53.0 Å². The fourth-order valence-corrected chi connectivity index (χ4v) is 3.99. The number of unbranched alkanes of at least 4 members (excludes halogenated alkanes) is 1. The molecule has 1 aliphatic heterocycles. The number of amides is 1. The molecule has 0 saturated carbocycles. The van der Waals surface area contributed by atoms with Crippen LogP contribution in [-0.2, 0) is 13.0 Å². The number of aryl methyl sites for hydroxylation is 1. The highest BCUT2D eigenvalue weighted by molar-refractivity contribution is 5.94. The summed E-state index contributed by atoms with van der Waals surface area (Å²) >= 11 is 0. The van der Waals surface area contributed by atoms with Gasteiger partial charge in [-0.3, -0.25) is 4.79 Å². The van der Waals surface area contributed by atoms with Crippen molar-refractivity contribution in [2.45, 2.75) is 38.8 Å². The van der Waals surface area contributed by atoms with E-state index in [9.17, 15) is 9.18 Å². The number of rotatable bonds is 5. The maximum atomic E-state index is 13.9. The van der Waals surface area contributed by atoms with Gasteiger partial charge in [0.05, 0.1) is 6.04 Å². The number of carbonyl (C=O) groups is 1. The van der Waals surface area contributed by atoms with Crippen molar-refractivity contribution in [1.82, 2.24) is 9.47 Å². The number of benzene rings is 2. The van der Waals surface area contributed by atoms with Gasteiger partial charge in [-0.1, -0.05) is 37.6 Å². The highest BCUT2D eigenvalue weighted by atomic mass is 19.1. The third-order valence-electron chi connectivity index (χ3n) is 5.48. The van der Waals surface area contributed by atoms with Crippen LogP contribution in [0.25, 0.3) is 0 Å². The van der Waals surface area contributed by atoms with Crippen LogP contribution in [0.2, 0.25) is 0 Å². The molecule has 0 bridgehead atoms. The first-order chi connectivity index (χ1) is 13.7. The molecule has 1 aromatic heterocycles. The highest BCUT2D eigenvalue weighted by Gasteiger charge is 2.32. The maximum Gasteiger partial charge on any atom is 0.254 e. The zero-order chi connectivity index (χ0) is 19.5. The minimum atomic E-state index is -0.285. The van der Waals surface area contributed by atoms with Crippen LogP contribution in [0.4, 0.5) is 4.39 Å². The summed E-state index contributed by atoms with van der Waals surface area (Å²) in [4.78, 5) is 15.2. The zero-order valence-electron chi connectivity index (χ0n) is 16.1. The smallest absolute Gasteiger partial charge is 0.254 e. The predicted molar refractivity (Wildman–Crippen MR) is 109 cm³/mol. The number of fused-ring (bicyclic) bond motifs is 1. The number of aromatic nitrogens is 1. The third kappa shape index (κ3) is 3.59. The van der Waals surface area contributed by atoms with Crippen LogP contribution in [0.5, 0.6) is 0 Å². The molecule has 0 N–H and O–H groups in total. The van der Waals surface area contributed by atoms with E-state index in [-0.39, 0.29) is 17.8 Å². The van der Waals surface area contributed by atoms with Crippen molar-refractivity contribution < 1.29 is 9.18 Å². The van der Waals surface area contributed by atoms with Crippen LogP contribution in [0, 0.1) is 5.82 Å². The van der Waals surface area contributed by atoms with Crippen LogP contribution >= 0.6 is 0 Å². The predicted octanol–water partition coefficient (Wildman–Crippen LogP) is 5.22. The largest absolute Gasteiger partial charge is 0.348 e. The molecule has 2 aromatic carbocycles. The molecule has 3 nitrogen and oxygen atoms in total. The molecular formula is C24H25FN2O. The Bertz CT molecular complexity index is 961. The van der Waals surface area contributed by atoms with Crippen LogP contribution in [0.15, 0.2) is 66.9 Å². The molecule has 0 saturated heterocycles. The first-order valence-electron chi connectivity index (χ1n) is 9.98. The molecule has 1 atom stereocenters. The molecule has 3 aromatic rings. The van der Waals surface area contributed by atoms with Crippen LogP contribution in [0.3, 0.4) is 0 Å². The molecule has 0 fully saturated rings. The van der Waals surface area contributed by atoms with Crippen molar-refractivity contribution in [3.8, 4) is 0 Å². The molecule has 1 unspecified atom stereocenters. The summed E-state index contributed by atoms with van der Waals surface area (Å²) in [6, 6.07) is 18.2. The van der Waals surface area contributed by atoms with Crippen molar-refractivity contribution in [2.75, 3.05) is 6.54 Å². The van der Waals surface area contributed by atoms with E-state index in [1.165, 1.54) is 17.7 Å². The van der Waals surface area contributed by atoms with E-state index in [1.807, 2.05) is 53.6 Å². The number of halogens is 1. The monoisotopic (exact) mass is 376 g/mol. The third-order valence-corrected chi connectivity index (χ3v) is 5.48. The SMILES string of the molecule is CCCCc1ccc(C(=O)N2CCn3cccc3C2c2cccc(F)c2)cc1. The normalized spacial score (nSPS) is 16.1. The second kappa shape index (κ2) is 8.01. The molecule has 1 aliphatic rings. The first kappa shape index (κ1) is 18.5. The Morgan fingerprint density at radius 1 is 1.07 bits per heavy atom. The summed E-state index contributed by atoms with van der Waals surface area (Å²) in [5, 5.41) is 0. The second-order valence-electron chi connectivity index (χ2n) is 7.38. The topological polar surface area (TPSA) is 25.2 Å². The van der Waals surface area contributed by atoms with Gasteiger partial charge in [-0.2, -0.15) is 0 Å². The maximum absolute atomic E-state index is 13.9.